The predicted octanol–water partition coefficient (Wildman–Crippen LogP) is 4.12. The highest BCUT2D eigenvalue weighted by molar-refractivity contribution is 9.11. The van der Waals surface area contributed by atoms with E-state index >= 15 is 0 Å². The predicted molar refractivity (Wildman–Crippen MR) is 71.9 cm³/mol. The fourth-order valence-electron chi connectivity index (χ4n) is 1.12. The van der Waals surface area contributed by atoms with Crippen LogP contribution in [0.15, 0.2) is 27.1 Å². The number of nitrogens with one attached hydrogen (secondary N) is 1. The number of rotatable bonds is 4. The number of hydrogen-bond acceptors (Lipinski definition) is 2. The van der Waals surface area contributed by atoms with Gasteiger partial charge < -0.3 is 10.1 Å². The average molecular weight is 405 g/mol. The van der Waals surface area contributed by atoms with Crippen LogP contribution in [0.2, 0.25) is 0 Å². The summed E-state index contributed by atoms with van der Waals surface area (Å²) in [5, 5.41) is 2.48. The SMILES string of the molecule is CC(OCC(F)(F)F)C(=O)Nc1cc(Br)ccc1Br. The molecular weight excluding hydrogens is 395 g/mol. The van der Waals surface area contributed by atoms with E-state index in [1.807, 2.05) is 0 Å². The molecule has 0 bridgehead atoms. The maximum atomic E-state index is 12.0. The molecule has 106 valence electrons. The fraction of sp³-hybridized carbons (Fsp3) is 0.364. The Balaban J connectivity index is 2.61. The lowest BCUT2D eigenvalue weighted by Crippen LogP contribution is -2.31. The lowest BCUT2D eigenvalue weighted by atomic mass is 10.3. The first-order valence-corrected chi connectivity index (χ1v) is 6.72. The zero-order chi connectivity index (χ0) is 14.6. The number of carbonyl (C=O) groups is 1. The van der Waals surface area contributed by atoms with E-state index in [4.69, 9.17) is 0 Å². The Kier molecular flexibility index (Phi) is 5.82. The molecule has 1 rings (SSSR count). The first-order valence-electron chi connectivity index (χ1n) is 5.13. The van der Waals surface area contributed by atoms with E-state index in [0.717, 1.165) is 4.47 Å². The van der Waals surface area contributed by atoms with Crippen LogP contribution in [0, 0.1) is 0 Å². The minimum Gasteiger partial charge on any atom is -0.359 e. The van der Waals surface area contributed by atoms with Crippen molar-refractivity contribution in [3.63, 3.8) is 0 Å². The molecule has 0 aliphatic carbocycles. The Hall–Kier alpha value is -0.600. The smallest absolute Gasteiger partial charge is 0.359 e. The maximum Gasteiger partial charge on any atom is 0.411 e. The molecule has 1 aromatic rings. The molecule has 3 nitrogen and oxygen atoms in total. The fourth-order valence-corrected chi connectivity index (χ4v) is 1.83. The molecule has 0 radical (unpaired) electrons. The van der Waals surface area contributed by atoms with Crippen molar-refractivity contribution in [1.82, 2.24) is 0 Å². The van der Waals surface area contributed by atoms with Gasteiger partial charge in [-0.3, -0.25) is 4.79 Å². The van der Waals surface area contributed by atoms with Crippen molar-refractivity contribution in [2.24, 2.45) is 0 Å². The topological polar surface area (TPSA) is 38.3 Å². The molecule has 0 saturated carbocycles. The summed E-state index contributed by atoms with van der Waals surface area (Å²) in [4.78, 5) is 11.7. The van der Waals surface area contributed by atoms with Gasteiger partial charge in [-0.1, -0.05) is 15.9 Å². The van der Waals surface area contributed by atoms with Gasteiger partial charge in [0, 0.05) is 8.95 Å². The number of carbonyl (C=O) groups excluding carboxylic acids is 1. The largest absolute Gasteiger partial charge is 0.411 e. The zero-order valence-electron chi connectivity index (χ0n) is 9.72. The second-order valence-electron chi connectivity index (χ2n) is 3.68. The second-order valence-corrected chi connectivity index (χ2v) is 5.45. The van der Waals surface area contributed by atoms with Crippen molar-refractivity contribution in [3.05, 3.63) is 27.1 Å². The summed E-state index contributed by atoms with van der Waals surface area (Å²) in [7, 11) is 0. The van der Waals surface area contributed by atoms with Crippen LogP contribution >= 0.6 is 31.9 Å². The molecule has 0 spiro atoms. The van der Waals surface area contributed by atoms with E-state index in [-0.39, 0.29) is 0 Å². The molecule has 1 atom stereocenters. The van der Waals surface area contributed by atoms with Crippen molar-refractivity contribution < 1.29 is 22.7 Å². The van der Waals surface area contributed by atoms with Gasteiger partial charge in [-0.15, -0.1) is 0 Å². The summed E-state index contributed by atoms with van der Waals surface area (Å²) in [5.74, 6) is -0.650. The van der Waals surface area contributed by atoms with Crippen molar-refractivity contribution >= 4 is 43.5 Å². The highest BCUT2D eigenvalue weighted by Crippen LogP contribution is 2.26. The molecular formula is C11H10Br2F3NO2. The van der Waals surface area contributed by atoms with Crippen LogP contribution in [-0.4, -0.2) is 24.8 Å². The molecule has 0 heterocycles. The number of hydrogen-bond donors (Lipinski definition) is 1. The van der Waals surface area contributed by atoms with Crippen LogP contribution in [0.25, 0.3) is 0 Å². The average Bonchev–Trinajstić information content (AvgIpc) is 2.29. The summed E-state index contributed by atoms with van der Waals surface area (Å²) < 4.78 is 41.7. The normalized spacial score (nSPS) is 13.2. The van der Waals surface area contributed by atoms with Gasteiger partial charge in [0.25, 0.3) is 5.91 Å². The van der Waals surface area contributed by atoms with Gasteiger partial charge in [-0.25, -0.2) is 0 Å². The highest BCUT2D eigenvalue weighted by atomic mass is 79.9. The molecule has 0 aromatic heterocycles. The summed E-state index contributed by atoms with van der Waals surface area (Å²) in [6, 6.07) is 5.07. The third-order valence-corrected chi connectivity index (χ3v) is 3.24. The van der Waals surface area contributed by atoms with Crippen LogP contribution in [0.3, 0.4) is 0 Å². The highest BCUT2D eigenvalue weighted by Gasteiger charge is 2.30. The Bertz CT molecular complexity index is 466. The van der Waals surface area contributed by atoms with E-state index in [9.17, 15) is 18.0 Å². The Labute approximate surface area is 124 Å². The molecule has 0 saturated heterocycles. The van der Waals surface area contributed by atoms with E-state index in [1.54, 1.807) is 18.2 Å². The number of alkyl halides is 3. The van der Waals surface area contributed by atoms with Gasteiger partial charge in [-0.05, 0) is 41.1 Å². The van der Waals surface area contributed by atoms with Crippen LogP contribution in [0.1, 0.15) is 6.92 Å². The van der Waals surface area contributed by atoms with Crippen molar-refractivity contribution in [2.45, 2.75) is 19.2 Å². The minimum atomic E-state index is -4.45. The summed E-state index contributed by atoms with van der Waals surface area (Å²) in [6.45, 7) is -0.200. The third-order valence-electron chi connectivity index (χ3n) is 2.05. The lowest BCUT2D eigenvalue weighted by Gasteiger charge is -2.15. The number of anilines is 1. The molecule has 0 aliphatic rings. The summed E-state index contributed by atoms with van der Waals surface area (Å²) in [5.41, 5.74) is 0.446. The second kappa shape index (κ2) is 6.71. The van der Waals surface area contributed by atoms with Crippen LogP contribution < -0.4 is 5.32 Å². The lowest BCUT2D eigenvalue weighted by molar-refractivity contribution is -0.184. The number of amides is 1. The summed E-state index contributed by atoms with van der Waals surface area (Å²) >= 11 is 6.45. The first kappa shape index (κ1) is 16.5. The molecule has 1 unspecified atom stereocenters. The van der Waals surface area contributed by atoms with Gasteiger partial charge in [0.1, 0.15) is 12.7 Å². The van der Waals surface area contributed by atoms with Crippen molar-refractivity contribution in [3.8, 4) is 0 Å². The van der Waals surface area contributed by atoms with Gasteiger partial charge in [0.15, 0.2) is 0 Å². The van der Waals surface area contributed by atoms with Crippen LogP contribution in [-0.2, 0) is 9.53 Å². The third kappa shape index (κ3) is 5.92. The monoisotopic (exact) mass is 403 g/mol. The Morgan fingerprint density at radius 1 is 1.42 bits per heavy atom. The van der Waals surface area contributed by atoms with Gasteiger partial charge in [0.2, 0.25) is 0 Å². The minimum absolute atomic E-state index is 0.446. The molecule has 1 amide bonds. The molecule has 0 aliphatic heterocycles. The zero-order valence-corrected chi connectivity index (χ0v) is 12.9. The molecule has 0 fully saturated rings. The van der Waals surface area contributed by atoms with Gasteiger partial charge in [-0.2, -0.15) is 13.2 Å². The Morgan fingerprint density at radius 2 is 2.05 bits per heavy atom. The van der Waals surface area contributed by atoms with Crippen molar-refractivity contribution in [1.29, 1.82) is 0 Å². The van der Waals surface area contributed by atoms with E-state index in [0.29, 0.717) is 10.2 Å². The standard InChI is InChI=1S/C11H10Br2F3NO2/c1-6(19-5-11(14,15)16)10(18)17-9-4-7(12)2-3-8(9)13/h2-4,6H,5H2,1H3,(H,17,18). The maximum absolute atomic E-state index is 12.0. The van der Waals surface area contributed by atoms with Gasteiger partial charge >= 0.3 is 6.18 Å². The molecule has 1 aromatic carbocycles. The first-order chi connectivity index (χ1) is 8.69. The molecule has 8 heteroatoms. The summed E-state index contributed by atoms with van der Waals surface area (Å²) in [6.07, 6.45) is -5.65. The van der Waals surface area contributed by atoms with Crippen molar-refractivity contribution in [2.75, 3.05) is 11.9 Å². The van der Waals surface area contributed by atoms with E-state index in [2.05, 4.69) is 41.9 Å². The quantitative estimate of drug-likeness (QED) is 0.819. The molecule has 19 heavy (non-hydrogen) atoms. The van der Waals surface area contributed by atoms with E-state index < -0.39 is 24.8 Å². The van der Waals surface area contributed by atoms with E-state index in [1.165, 1.54) is 6.92 Å². The number of halogens is 5. The Morgan fingerprint density at radius 3 is 2.63 bits per heavy atom. The number of benzene rings is 1. The van der Waals surface area contributed by atoms with Crippen LogP contribution in [0.4, 0.5) is 18.9 Å². The van der Waals surface area contributed by atoms with Gasteiger partial charge in [0.05, 0.1) is 5.69 Å². The molecule has 1 N–H and O–H groups in total. The van der Waals surface area contributed by atoms with Crippen LogP contribution in [0.5, 0.6) is 0 Å². The number of ether oxygens (including phenoxy) is 1.